The summed E-state index contributed by atoms with van der Waals surface area (Å²) in [5.74, 6) is 2.27. The Kier molecular flexibility index (Phi) is 4.70. The summed E-state index contributed by atoms with van der Waals surface area (Å²) in [6.07, 6.45) is 1.68. The summed E-state index contributed by atoms with van der Waals surface area (Å²) in [4.78, 5) is 16.6. The van der Waals surface area contributed by atoms with Gasteiger partial charge in [0.2, 0.25) is 0 Å². The van der Waals surface area contributed by atoms with E-state index in [2.05, 4.69) is 10.3 Å². The van der Waals surface area contributed by atoms with Gasteiger partial charge >= 0.3 is 0 Å². The average Bonchev–Trinajstić information content (AvgIpc) is 3.02. The summed E-state index contributed by atoms with van der Waals surface area (Å²) in [7, 11) is 4.76. The van der Waals surface area contributed by atoms with E-state index >= 15 is 0 Å². The van der Waals surface area contributed by atoms with Crippen LogP contribution < -0.4 is 19.5 Å². The number of nitrogens with zero attached hydrogens (tertiary/aromatic N) is 1. The summed E-state index contributed by atoms with van der Waals surface area (Å²) in [5, 5.41) is 2.77. The van der Waals surface area contributed by atoms with Gasteiger partial charge in [-0.15, -0.1) is 0 Å². The third kappa shape index (κ3) is 3.47. The molecule has 0 saturated carbocycles. The number of nitrogens with one attached hydrogen (secondary N) is 1. The number of carbonyl (C=O) groups excluding carboxylic acids is 1. The lowest BCUT2D eigenvalue weighted by molar-refractivity contribution is -0.115. The van der Waals surface area contributed by atoms with E-state index in [9.17, 15) is 4.79 Å². The molecule has 1 amide bonds. The molecule has 1 aliphatic rings. The van der Waals surface area contributed by atoms with Gasteiger partial charge < -0.3 is 19.5 Å². The minimum atomic E-state index is -0.260. The molecule has 0 radical (unpaired) electrons. The molecule has 2 aromatic rings. The molecule has 0 saturated heterocycles. The number of amidine groups is 1. The molecular formula is C19H18N2O4. The number of carbonyl (C=O) groups is 1. The monoisotopic (exact) mass is 338 g/mol. The molecule has 0 aliphatic carbocycles. The molecule has 1 N–H and O–H groups in total. The Morgan fingerprint density at radius 2 is 1.60 bits per heavy atom. The highest BCUT2D eigenvalue weighted by Gasteiger charge is 2.21. The smallest absolute Gasteiger partial charge is 0.275 e. The zero-order chi connectivity index (χ0) is 17.8. The minimum absolute atomic E-state index is 0.260. The number of benzene rings is 2. The minimum Gasteiger partial charge on any atom is -0.497 e. The number of rotatable bonds is 5. The van der Waals surface area contributed by atoms with Crippen LogP contribution in [0.4, 0.5) is 0 Å². The molecule has 2 aromatic carbocycles. The zero-order valence-corrected chi connectivity index (χ0v) is 14.2. The highest BCUT2D eigenvalue weighted by molar-refractivity contribution is 6.19. The van der Waals surface area contributed by atoms with Crippen molar-refractivity contribution in [2.45, 2.75) is 0 Å². The van der Waals surface area contributed by atoms with E-state index in [1.807, 2.05) is 30.3 Å². The molecule has 0 bridgehead atoms. The first-order valence-corrected chi connectivity index (χ1v) is 7.63. The number of aliphatic imine (C=N–C) groups is 1. The van der Waals surface area contributed by atoms with Crippen molar-refractivity contribution in [2.24, 2.45) is 4.99 Å². The van der Waals surface area contributed by atoms with Crippen LogP contribution in [0.1, 0.15) is 11.1 Å². The van der Waals surface area contributed by atoms with E-state index in [0.717, 1.165) is 16.9 Å². The molecule has 25 heavy (non-hydrogen) atoms. The van der Waals surface area contributed by atoms with Gasteiger partial charge in [0.15, 0.2) is 0 Å². The van der Waals surface area contributed by atoms with Crippen LogP contribution in [0.2, 0.25) is 0 Å². The lowest BCUT2D eigenvalue weighted by Crippen LogP contribution is -2.24. The lowest BCUT2D eigenvalue weighted by Gasteiger charge is -2.07. The maximum absolute atomic E-state index is 12.2. The van der Waals surface area contributed by atoms with Crippen LogP contribution in [0.25, 0.3) is 6.08 Å². The fourth-order valence-electron chi connectivity index (χ4n) is 2.44. The highest BCUT2D eigenvalue weighted by Crippen LogP contribution is 2.27. The Hall–Kier alpha value is -3.28. The normalized spacial score (nSPS) is 14.9. The van der Waals surface area contributed by atoms with Crippen molar-refractivity contribution in [3.05, 3.63) is 59.3 Å². The Morgan fingerprint density at radius 3 is 2.24 bits per heavy atom. The molecule has 1 heterocycles. The number of hydrogen-bond donors (Lipinski definition) is 1. The molecular weight excluding hydrogens is 320 g/mol. The molecule has 6 heteroatoms. The molecule has 0 fully saturated rings. The number of amides is 1. The summed E-state index contributed by atoms with van der Waals surface area (Å²) in [6.45, 7) is 0. The third-order valence-electron chi connectivity index (χ3n) is 3.79. The van der Waals surface area contributed by atoms with E-state index in [-0.39, 0.29) is 5.91 Å². The predicted molar refractivity (Wildman–Crippen MR) is 95.2 cm³/mol. The first kappa shape index (κ1) is 16.6. The van der Waals surface area contributed by atoms with Crippen molar-refractivity contribution in [3.63, 3.8) is 0 Å². The predicted octanol–water partition coefficient (Wildman–Crippen LogP) is 2.63. The maximum atomic E-state index is 12.2. The van der Waals surface area contributed by atoms with Crippen LogP contribution in [0.5, 0.6) is 17.2 Å². The SMILES string of the molecule is COc1ccc(C2=N/C(=C/c3ccc(OC)cc3OC)C(=O)N2)cc1. The first-order valence-electron chi connectivity index (χ1n) is 7.63. The Bertz CT molecular complexity index is 854. The lowest BCUT2D eigenvalue weighted by atomic mass is 10.1. The second-order valence-electron chi connectivity index (χ2n) is 5.28. The molecule has 0 atom stereocenters. The fraction of sp³-hybridized carbons (Fsp3) is 0.158. The second kappa shape index (κ2) is 7.09. The van der Waals surface area contributed by atoms with Crippen molar-refractivity contribution in [1.29, 1.82) is 0 Å². The van der Waals surface area contributed by atoms with E-state index in [4.69, 9.17) is 14.2 Å². The first-order chi connectivity index (χ1) is 12.1. The van der Waals surface area contributed by atoms with E-state index in [1.165, 1.54) is 0 Å². The van der Waals surface area contributed by atoms with Crippen LogP contribution in [-0.4, -0.2) is 33.1 Å². The summed E-state index contributed by atoms with van der Waals surface area (Å²) < 4.78 is 15.7. The molecule has 6 nitrogen and oxygen atoms in total. The van der Waals surface area contributed by atoms with Crippen LogP contribution in [0.3, 0.4) is 0 Å². The molecule has 3 rings (SSSR count). The standard InChI is InChI=1S/C19H18N2O4/c1-23-14-7-4-12(5-8-14)18-20-16(19(22)21-18)10-13-6-9-15(24-2)11-17(13)25-3/h4-11H,1-3H3,(H,20,21,22)/b16-10+. The molecule has 128 valence electrons. The van der Waals surface area contributed by atoms with Gasteiger partial charge in [-0.3, -0.25) is 4.79 Å². The van der Waals surface area contributed by atoms with Gasteiger partial charge in [-0.2, -0.15) is 0 Å². The van der Waals surface area contributed by atoms with Gasteiger partial charge in [-0.05, 0) is 42.5 Å². The average molecular weight is 338 g/mol. The fourth-order valence-corrected chi connectivity index (χ4v) is 2.44. The van der Waals surface area contributed by atoms with E-state index in [0.29, 0.717) is 23.0 Å². The molecule has 0 spiro atoms. The topological polar surface area (TPSA) is 69.1 Å². The Balaban J connectivity index is 1.92. The van der Waals surface area contributed by atoms with Gasteiger partial charge in [-0.1, -0.05) is 0 Å². The highest BCUT2D eigenvalue weighted by atomic mass is 16.5. The third-order valence-corrected chi connectivity index (χ3v) is 3.79. The number of methoxy groups -OCH3 is 3. The van der Waals surface area contributed by atoms with E-state index < -0.39 is 0 Å². The second-order valence-corrected chi connectivity index (χ2v) is 5.28. The molecule has 0 unspecified atom stereocenters. The summed E-state index contributed by atoms with van der Waals surface area (Å²) >= 11 is 0. The van der Waals surface area contributed by atoms with Crippen LogP contribution in [0.15, 0.2) is 53.2 Å². The molecule has 0 aromatic heterocycles. The van der Waals surface area contributed by atoms with Crippen LogP contribution in [-0.2, 0) is 4.79 Å². The van der Waals surface area contributed by atoms with Gasteiger partial charge in [0.1, 0.15) is 28.8 Å². The van der Waals surface area contributed by atoms with Gasteiger partial charge in [0.25, 0.3) is 5.91 Å². The summed E-state index contributed by atoms with van der Waals surface area (Å²) in [5.41, 5.74) is 1.86. The van der Waals surface area contributed by atoms with Gasteiger partial charge in [0, 0.05) is 17.2 Å². The Morgan fingerprint density at radius 1 is 0.920 bits per heavy atom. The largest absolute Gasteiger partial charge is 0.497 e. The quantitative estimate of drug-likeness (QED) is 0.851. The van der Waals surface area contributed by atoms with Crippen molar-refractivity contribution >= 4 is 17.8 Å². The van der Waals surface area contributed by atoms with Gasteiger partial charge in [0.05, 0.1) is 21.3 Å². The van der Waals surface area contributed by atoms with Gasteiger partial charge in [-0.25, -0.2) is 4.99 Å². The van der Waals surface area contributed by atoms with Crippen LogP contribution in [0, 0.1) is 0 Å². The summed E-state index contributed by atoms with van der Waals surface area (Å²) in [6, 6.07) is 12.7. The number of hydrogen-bond acceptors (Lipinski definition) is 5. The van der Waals surface area contributed by atoms with E-state index in [1.54, 1.807) is 39.5 Å². The maximum Gasteiger partial charge on any atom is 0.275 e. The zero-order valence-electron chi connectivity index (χ0n) is 14.2. The van der Waals surface area contributed by atoms with Crippen molar-refractivity contribution < 1.29 is 19.0 Å². The van der Waals surface area contributed by atoms with Crippen molar-refractivity contribution in [1.82, 2.24) is 5.32 Å². The van der Waals surface area contributed by atoms with Crippen molar-refractivity contribution in [2.75, 3.05) is 21.3 Å². The molecule has 1 aliphatic heterocycles. The van der Waals surface area contributed by atoms with Crippen molar-refractivity contribution in [3.8, 4) is 17.2 Å². The Labute approximate surface area is 145 Å². The van der Waals surface area contributed by atoms with Crippen LogP contribution >= 0.6 is 0 Å². The number of ether oxygens (including phenoxy) is 3.